The number of rotatable bonds is 2. The Morgan fingerprint density at radius 2 is 1.64 bits per heavy atom. The first-order valence-corrected chi connectivity index (χ1v) is 4.16. The number of halogens is 1. The van der Waals surface area contributed by atoms with Crippen LogP contribution in [0.4, 0.5) is 4.39 Å². The van der Waals surface area contributed by atoms with Crippen molar-refractivity contribution < 1.29 is 4.39 Å². The zero-order chi connectivity index (χ0) is 9.07. The molecule has 0 aliphatic rings. The molecule has 1 heteroatoms. The van der Waals surface area contributed by atoms with Crippen molar-refractivity contribution in [2.24, 2.45) is 11.3 Å². The fraction of sp³-hybridized carbons (Fsp3) is 0.800. The smallest absolute Gasteiger partial charge is 0.121 e. The minimum absolute atomic E-state index is 0.0913. The van der Waals surface area contributed by atoms with Crippen molar-refractivity contribution in [2.45, 2.75) is 40.8 Å². The zero-order valence-electron chi connectivity index (χ0n) is 8.19. The summed E-state index contributed by atoms with van der Waals surface area (Å²) in [6, 6.07) is 0. The van der Waals surface area contributed by atoms with Gasteiger partial charge in [0.05, 0.1) is 0 Å². The van der Waals surface area contributed by atoms with Crippen LogP contribution in [0.25, 0.3) is 0 Å². The lowest BCUT2D eigenvalue weighted by molar-refractivity contribution is 0.311. The van der Waals surface area contributed by atoms with Gasteiger partial charge in [0.1, 0.15) is 6.17 Å². The molecule has 0 aliphatic heterocycles. The van der Waals surface area contributed by atoms with Gasteiger partial charge in [0.2, 0.25) is 0 Å². The Morgan fingerprint density at radius 1 is 1.18 bits per heavy atom. The summed E-state index contributed by atoms with van der Waals surface area (Å²) in [6.07, 6.45) is 2.79. The highest BCUT2D eigenvalue weighted by molar-refractivity contribution is 4.97. The van der Waals surface area contributed by atoms with Gasteiger partial charge in [-0.05, 0) is 11.3 Å². The minimum atomic E-state index is -0.797. The zero-order valence-corrected chi connectivity index (χ0v) is 8.19. The van der Waals surface area contributed by atoms with Crippen LogP contribution in [0, 0.1) is 11.3 Å². The predicted molar refractivity (Wildman–Crippen MR) is 48.3 cm³/mol. The lowest BCUT2D eigenvalue weighted by Crippen LogP contribution is -2.07. The second-order valence-electron chi connectivity index (χ2n) is 4.41. The molecule has 0 aromatic heterocycles. The standard InChI is InChI=1S/C10H19F/c1-8(2)9(11)6-7-10(3,4)5/h6-9H,1-5H3/b7-6-/t9-/m1/s1. The third-order valence-corrected chi connectivity index (χ3v) is 1.42. The molecule has 0 amide bonds. The molecular formula is C10H19F. The van der Waals surface area contributed by atoms with Gasteiger partial charge in [-0.2, -0.15) is 0 Å². The molecule has 0 unspecified atom stereocenters. The Balaban J connectivity index is 3.93. The summed E-state index contributed by atoms with van der Waals surface area (Å²) in [5.41, 5.74) is 0.0965. The molecule has 0 rings (SSSR count). The number of alkyl halides is 1. The van der Waals surface area contributed by atoms with Crippen LogP contribution in [-0.4, -0.2) is 6.17 Å². The second-order valence-corrected chi connectivity index (χ2v) is 4.41. The molecule has 0 saturated carbocycles. The lowest BCUT2D eigenvalue weighted by atomic mass is 9.94. The van der Waals surface area contributed by atoms with E-state index in [1.54, 1.807) is 6.08 Å². The lowest BCUT2D eigenvalue weighted by Gasteiger charge is -2.13. The Morgan fingerprint density at radius 3 is 1.91 bits per heavy atom. The third-order valence-electron chi connectivity index (χ3n) is 1.42. The van der Waals surface area contributed by atoms with Crippen molar-refractivity contribution in [3.63, 3.8) is 0 Å². The van der Waals surface area contributed by atoms with Crippen molar-refractivity contribution in [3.8, 4) is 0 Å². The quantitative estimate of drug-likeness (QED) is 0.539. The molecule has 0 N–H and O–H groups in total. The van der Waals surface area contributed by atoms with E-state index in [4.69, 9.17) is 0 Å². The Hall–Kier alpha value is -0.330. The maximum Gasteiger partial charge on any atom is 0.121 e. The second kappa shape index (κ2) is 3.89. The van der Waals surface area contributed by atoms with E-state index in [9.17, 15) is 4.39 Å². The fourth-order valence-electron chi connectivity index (χ4n) is 0.603. The first-order chi connectivity index (χ1) is 4.83. The molecule has 0 aromatic rings. The van der Waals surface area contributed by atoms with Crippen LogP contribution in [-0.2, 0) is 0 Å². The molecule has 1 atom stereocenters. The summed E-state index contributed by atoms with van der Waals surface area (Å²) in [5, 5.41) is 0. The van der Waals surface area contributed by atoms with Gasteiger partial charge >= 0.3 is 0 Å². The average molecular weight is 158 g/mol. The van der Waals surface area contributed by atoms with Gasteiger partial charge in [0.25, 0.3) is 0 Å². The molecule has 0 aromatic carbocycles. The molecule has 0 nitrogen and oxygen atoms in total. The number of allylic oxidation sites excluding steroid dienone is 2. The minimum Gasteiger partial charge on any atom is -0.243 e. The molecule has 0 heterocycles. The molecule has 0 aliphatic carbocycles. The van der Waals surface area contributed by atoms with Gasteiger partial charge in [-0.3, -0.25) is 0 Å². The SMILES string of the molecule is CC(C)[C@H](F)/C=C\C(C)(C)C. The van der Waals surface area contributed by atoms with E-state index in [0.717, 1.165) is 0 Å². The topological polar surface area (TPSA) is 0 Å². The van der Waals surface area contributed by atoms with Gasteiger partial charge in [0.15, 0.2) is 0 Å². The van der Waals surface area contributed by atoms with E-state index in [2.05, 4.69) is 20.8 Å². The van der Waals surface area contributed by atoms with Crippen molar-refractivity contribution in [1.29, 1.82) is 0 Å². The normalized spacial score (nSPS) is 16.3. The molecule has 11 heavy (non-hydrogen) atoms. The number of hydrogen-bond donors (Lipinski definition) is 0. The largest absolute Gasteiger partial charge is 0.243 e. The van der Waals surface area contributed by atoms with Crippen molar-refractivity contribution in [3.05, 3.63) is 12.2 Å². The van der Waals surface area contributed by atoms with Gasteiger partial charge in [-0.15, -0.1) is 0 Å². The summed E-state index contributed by atoms with van der Waals surface area (Å²) < 4.78 is 13.0. The van der Waals surface area contributed by atoms with Crippen molar-refractivity contribution in [1.82, 2.24) is 0 Å². The van der Waals surface area contributed by atoms with Crippen LogP contribution in [0.2, 0.25) is 0 Å². The summed E-state index contributed by atoms with van der Waals surface area (Å²) in [4.78, 5) is 0. The first-order valence-electron chi connectivity index (χ1n) is 4.16. The molecule has 0 bridgehead atoms. The van der Waals surface area contributed by atoms with Gasteiger partial charge < -0.3 is 0 Å². The highest BCUT2D eigenvalue weighted by atomic mass is 19.1. The van der Waals surface area contributed by atoms with Gasteiger partial charge in [-0.1, -0.05) is 46.8 Å². The summed E-state index contributed by atoms with van der Waals surface area (Å²) >= 11 is 0. The van der Waals surface area contributed by atoms with Crippen LogP contribution in [0.15, 0.2) is 12.2 Å². The summed E-state index contributed by atoms with van der Waals surface area (Å²) in [7, 11) is 0. The van der Waals surface area contributed by atoms with Crippen molar-refractivity contribution >= 4 is 0 Å². The number of hydrogen-bond acceptors (Lipinski definition) is 0. The van der Waals surface area contributed by atoms with Crippen molar-refractivity contribution in [2.75, 3.05) is 0 Å². The molecular weight excluding hydrogens is 139 g/mol. The van der Waals surface area contributed by atoms with Crippen LogP contribution >= 0.6 is 0 Å². The van der Waals surface area contributed by atoms with E-state index < -0.39 is 6.17 Å². The molecule has 0 saturated heterocycles. The average Bonchev–Trinajstić information content (AvgIpc) is 1.80. The highest BCUT2D eigenvalue weighted by Gasteiger charge is 2.09. The van der Waals surface area contributed by atoms with Crippen LogP contribution < -0.4 is 0 Å². The predicted octanol–water partition coefficient (Wildman–Crippen LogP) is 3.58. The van der Waals surface area contributed by atoms with E-state index in [0.29, 0.717) is 0 Å². The van der Waals surface area contributed by atoms with E-state index >= 15 is 0 Å². The molecule has 0 radical (unpaired) electrons. The van der Waals surface area contributed by atoms with Crippen LogP contribution in [0.5, 0.6) is 0 Å². The maximum atomic E-state index is 13.0. The first kappa shape index (κ1) is 10.7. The molecule has 66 valence electrons. The molecule has 0 fully saturated rings. The summed E-state index contributed by atoms with van der Waals surface area (Å²) in [5.74, 6) is 0.0913. The van der Waals surface area contributed by atoms with Crippen LogP contribution in [0.1, 0.15) is 34.6 Å². The van der Waals surface area contributed by atoms with E-state index in [-0.39, 0.29) is 11.3 Å². The Kier molecular flexibility index (Phi) is 3.77. The monoisotopic (exact) mass is 158 g/mol. The molecule has 0 spiro atoms. The van der Waals surface area contributed by atoms with Crippen LogP contribution in [0.3, 0.4) is 0 Å². The van der Waals surface area contributed by atoms with E-state index in [1.165, 1.54) is 0 Å². The van der Waals surface area contributed by atoms with E-state index in [1.807, 2.05) is 19.9 Å². The van der Waals surface area contributed by atoms with Gasteiger partial charge in [-0.25, -0.2) is 4.39 Å². The highest BCUT2D eigenvalue weighted by Crippen LogP contribution is 2.17. The van der Waals surface area contributed by atoms with Gasteiger partial charge in [0, 0.05) is 0 Å². The Bertz CT molecular complexity index is 128. The maximum absolute atomic E-state index is 13.0. The Labute approximate surface area is 69.5 Å². The third kappa shape index (κ3) is 6.08. The fourth-order valence-corrected chi connectivity index (χ4v) is 0.603. The summed E-state index contributed by atoms with van der Waals surface area (Å²) in [6.45, 7) is 9.97.